The number of esters is 1. The summed E-state index contributed by atoms with van der Waals surface area (Å²) in [6.07, 6.45) is 0. The Hall–Kier alpha value is -1.91. The average molecular weight is 354 g/mol. The molecule has 0 bridgehead atoms. The third-order valence-corrected chi connectivity index (χ3v) is 3.70. The van der Waals surface area contributed by atoms with Crippen LogP contribution in [0.15, 0.2) is 36.4 Å². The second-order valence-electron chi connectivity index (χ2n) is 4.89. The predicted octanol–water partition coefficient (Wildman–Crippen LogP) is 4.58. The lowest BCUT2D eigenvalue weighted by molar-refractivity contribution is 0.0601. The van der Waals surface area contributed by atoms with E-state index in [0.29, 0.717) is 40.2 Å². The first-order valence-corrected chi connectivity index (χ1v) is 7.77. The van der Waals surface area contributed by atoms with Gasteiger partial charge in [-0.05, 0) is 31.2 Å². The molecule has 1 N–H and O–H groups in total. The van der Waals surface area contributed by atoms with E-state index in [0.717, 1.165) is 5.56 Å². The number of methoxy groups -OCH3 is 1. The molecule has 2 rings (SSSR count). The van der Waals surface area contributed by atoms with E-state index in [2.05, 4.69) is 5.32 Å². The molecule has 0 fully saturated rings. The molecule has 0 atom stereocenters. The smallest absolute Gasteiger partial charge is 0.339 e. The van der Waals surface area contributed by atoms with Gasteiger partial charge >= 0.3 is 5.97 Å². The summed E-state index contributed by atoms with van der Waals surface area (Å²) in [7, 11) is 1.36. The molecule has 0 amide bonds. The molecule has 0 aromatic heterocycles. The summed E-state index contributed by atoms with van der Waals surface area (Å²) in [5, 5.41) is 4.22. The maximum Gasteiger partial charge on any atom is 0.339 e. The summed E-state index contributed by atoms with van der Waals surface area (Å²) < 4.78 is 10.4. The predicted molar refractivity (Wildman–Crippen MR) is 93.0 cm³/mol. The molecule has 4 nitrogen and oxygen atoms in total. The number of rotatable bonds is 6. The molecule has 122 valence electrons. The zero-order chi connectivity index (χ0) is 16.8. The summed E-state index contributed by atoms with van der Waals surface area (Å²) in [6, 6.07) is 10.6. The number of nitrogens with one attached hydrogen (secondary N) is 1. The van der Waals surface area contributed by atoms with Gasteiger partial charge in [0.15, 0.2) is 0 Å². The van der Waals surface area contributed by atoms with Crippen LogP contribution in [-0.2, 0) is 4.74 Å². The fourth-order valence-corrected chi connectivity index (χ4v) is 2.36. The maximum absolute atomic E-state index is 11.8. The zero-order valence-corrected chi connectivity index (χ0v) is 14.4. The summed E-state index contributed by atoms with van der Waals surface area (Å²) in [4.78, 5) is 11.8. The van der Waals surface area contributed by atoms with Crippen molar-refractivity contribution in [1.82, 2.24) is 0 Å². The lowest BCUT2D eigenvalue weighted by Gasteiger charge is -2.13. The highest BCUT2D eigenvalue weighted by Crippen LogP contribution is 2.27. The van der Waals surface area contributed by atoms with Gasteiger partial charge < -0.3 is 14.8 Å². The molecule has 0 saturated carbocycles. The standard InChI is InChI=1S/C17H17Cl2NO3/c1-11-3-6-15(13(9-11)17(21)22-2)20-7-8-23-16-10-12(18)4-5-14(16)19/h3-6,9-10,20H,7-8H2,1-2H3. The molecule has 6 heteroatoms. The Bertz CT molecular complexity index is 704. The fraction of sp³-hybridized carbons (Fsp3) is 0.235. The monoisotopic (exact) mass is 353 g/mol. The van der Waals surface area contributed by atoms with Gasteiger partial charge in [-0.1, -0.05) is 34.8 Å². The quantitative estimate of drug-likeness (QED) is 0.609. The number of ether oxygens (including phenoxy) is 2. The number of carbonyl (C=O) groups is 1. The lowest BCUT2D eigenvalue weighted by Crippen LogP contribution is -2.14. The topological polar surface area (TPSA) is 47.6 Å². The molecule has 2 aromatic rings. The molecule has 0 radical (unpaired) electrons. The molecule has 0 unspecified atom stereocenters. The van der Waals surface area contributed by atoms with Crippen LogP contribution in [0.3, 0.4) is 0 Å². The lowest BCUT2D eigenvalue weighted by atomic mass is 10.1. The van der Waals surface area contributed by atoms with E-state index >= 15 is 0 Å². The van der Waals surface area contributed by atoms with E-state index in [1.165, 1.54) is 7.11 Å². The van der Waals surface area contributed by atoms with Crippen LogP contribution in [0, 0.1) is 6.92 Å². The van der Waals surface area contributed by atoms with E-state index < -0.39 is 0 Å². The van der Waals surface area contributed by atoms with Gasteiger partial charge in [0.25, 0.3) is 0 Å². The van der Waals surface area contributed by atoms with E-state index in [1.807, 2.05) is 19.1 Å². The molecule has 23 heavy (non-hydrogen) atoms. The number of hydrogen-bond donors (Lipinski definition) is 1. The highest BCUT2D eigenvalue weighted by molar-refractivity contribution is 6.34. The van der Waals surface area contributed by atoms with Gasteiger partial charge in [-0.25, -0.2) is 4.79 Å². The van der Waals surface area contributed by atoms with E-state index in [4.69, 9.17) is 32.7 Å². The average Bonchev–Trinajstić information content (AvgIpc) is 2.54. The SMILES string of the molecule is COC(=O)c1cc(C)ccc1NCCOc1cc(Cl)ccc1Cl. The van der Waals surface area contributed by atoms with Crippen LogP contribution < -0.4 is 10.1 Å². The van der Waals surface area contributed by atoms with Crippen molar-refractivity contribution in [3.63, 3.8) is 0 Å². The Balaban J connectivity index is 1.96. The van der Waals surface area contributed by atoms with Crippen LogP contribution in [0.1, 0.15) is 15.9 Å². The fourth-order valence-electron chi connectivity index (χ4n) is 2.03. The van der Waals surface area contributed by atoms with Crippen molar-refractivity contribution < 1.29 is 14.3 Å². The highest BCUT2D eigenvalue weighted by atomic mass is 35.5. The van der Waals surface area contributed by atoms with E-state index in [-0.39, 0.29) is 5.97 Å². The van der Waals surface area contributed by atoms with Crippen molar-refractivity contribution >= 4 is 34.9 Å². The molecule has 0 saturated heterocycles. The van der Waals surface area contributed by atoms with Crippen LogP contribution in [0.5, 0.6) is 5.75 Å². The van der Waals surface area contributed by atoms with Gasteiger partial charge in [-0.3, -0.25) is 0 Å². The zero-order valence-electron chi connectivity index (χ0n) is 12.9. The van der Waals surface area contributed by atoms with Gasteiger partial charge in [-0.15, -0.1) is 0 Å². The first-order valence-electron chi connectivity index (χ1n) is 7.02. The van der Waals surface area contributed by atoms with Gasteiger partial charge in [0.05, 0.1) is 17.7 Å². The number of aryl methyl sites for hydroxylation is 1. The number of benzene rings is 2. The number of carbonyl (C=O) groups excluding carboxylic acids is 1. The first kappa shape index (κ1) is 17.4. The number of halogens is 2. The van der Waals surface area contributed by atoms with Crippen LogP contribution in [0.25, 0.3) is 0 Å². The van der Waals surface area contributed by atoms with Crippen molar-refractivity contribution in [2.75, 3.05) is 25.6 Å². The van der Waals surface area contributed by atoms with E-state index in [1.54, 1.807) is 24.3 Å². The van der Waals surface area contributed by atoms with Crippen molar-refractivity contribution in [2.24, 2.45) is 0 Å². The molecular weight excluding hydrogens is 337 g/mol. The summed E-state index contributed by atoms with van der Waals surface area (Å²) in [6.45, 7) is 2.78. The second kappa shape index (κ2) is 8.09. The summed E-state index contributed by atoms with van der Waals surface area (Å²) in [5.41, 5.74) is 2.18. The Morgan fingerprint density at radius 2 is 1.96 bits per heavy atom. The third-order valence-electron chi connectivity index (χ3n) is 3.15. The molecule has 2 aromatic carbocycles. The van der Waals surface area contributed by atoms with Crippen LogP contribution in [0.2, 0.25) is 10.0 Å². The number of hydrogen-bond acceptors (Lipinski definition) is 4. The molecule has 0 aliphatic carbocycles. The molecular formula is C17H17Cl2NO3. The summed E-state index contributed by atoms with van der Waals surface area (Å²) >= 11 is 11.9. The maximum atomic E-state index is 11.8. The Morgan fingerprint density at radius 1 is 1.17 bits per heavy atom. The highest BCUT2D eigenvalue weighted by Gasteiger charge is 2.11. The first-order chi connectivity index (χ1) is 11.0. The van der Waals surface area contributed by atoms with Crippen LogP contribution in [0.4, 0.5) is 5.69 Å². The second-order valence-corrected chi connectivity index (χ2v) is 5.73. The minimum atomic E-state index is -0.380. The molecule has 0 heterocycles. The van der Waals surface area contributed by atoms with Crippen LogP contribution in [-0.4, -0.2) is 26.2 Å². The van der Waals surface area contributed by atoms with Crippen LogP contribution >= 0.6 is 23.2 Å². The van der Waals surface area contributed by atoms with Gasteiger partial charge in [0.1, 0.15) is 12.4 Å². The molecule has 0 aliphatic heterocycles. The van der Waals surface area contributed by atoms with Gasteiger partial charge in [-0.2, -0.15) is 0 Å². The van der Waals surface area contributed by atoms with Crippen molar-refractivity contribution in [1.29, 1.82) is 0 Å². The van der Waals surface area contributed by atoms with Gasteiger partial charge in [0.2, 0.25) is 0 Å². The minimum absolute atomic E-state index is 0.370. The number of anilines is 1. The van der Waals surface area contributed by atoms with Crippen molar-refractivity contribution in [2.45, 2.75) is 6.92 Å². The molecule has 0 spiro atoms. The molecule has 0 aliphatic rings. The van der Waals surface area contributed by atoms with Gasteiger partial charge in [0, 0.05) is 23.3 Å². The Morgan fingerprint density at radius 3 is 2.70 bits per heavy atom. The Kier molecular flexibility index (Phi) is 6.13. The summed E-state index contributed by atoms with van der Waals surface area (Å²) in [5.74, 6) is 0.146. The minimum Gasteiger partial charge on any atom is -0.490 e. The van der Waals surface area contributed by atoms with E-state index in [9.17, 15) is 4.79 Å². The van der Waals surface area contributed by atoms with Crippen molar-refractivity contribution in [3.05, 3.63) is 57.6 Å². The third kappa shape index (κ3) is 4.78. The van der Waals surface area contributed by atoms with Crippen molar-refractivity contribution in [3.8, 4) is 5.75 Å². The normalized spacial score (nSPS) is 10.3. The largest absolute Gasteiger partial charge is 0.490 e. The Labute approximate surface area is 145 Å².